The van der Waals surface area contributed by atoms with Gasteiger partial charge in [-0.2, -0.15) is 0 Å². The Kier molecular flexibility index (Phi) is 4.68. The first-order chi connectivity index (χ1) is 7.15. The lowest BCUT2D eigenvalue weighted by molar-refractivity contribution is 0.557. The topological polar surface area (TPSA) is 24.9 Å². The van der Waals surface area contributed by atoms with Crippen molar-refractivity contribution in [3.8, 4) is 0 Å². The van der Waals surface area contributed by atoms with Crippen LogP contribution in [0.15, 0.2) is 18.2 Å². The third-order valence-corrected chi connectivity index (χ3v) is 3.49. The van der Waals surface area contributed by atoms with E-state index < -0.39 is 0 Å². The highest BCUT2D eigenvalue weighted by Gasteiger charge is 2.26. The lowest BCUT2D eigenvalue weighted by Crippen LogP contribution is -2.42. The second kappa shape index (κ2) is 5.57. The number of aromatic nitrogens is 1. The minimum Gasteiger partial charge on any atom is -0.362 e. The van der Waals surface area contributed by atoms with Crippen molar-refractivity contribution in [2.45, 2.75) is 25.8 Å². The van der Waals surface area contributed by atoms with Crippen LogP contribution in [0.1, 0.15) is 19.0 Å². The van der Waals surface area contributed by atoms with Crippen molar-refractivity contribution in [1.29, 1.82) is 0 Å². The van der Waals surface area contributed by atoms with E-state index in [2.05, 4.69) is 17.2 Å². The fraction of sp³-hybridized carbons (Fsp3) is 0.545. The van der Waals surface area contributed by atoms with Crippen LogP contribution in [0.4, 0.5) is 5.82 Å². The predicted octanol–water partition coefficient (Wildman–Crippen LogP) is 3.43. The maximum Gasteiger partial charge on any atom is 0.126 e. The number of alkyl halides is 2. The zero-order valence-corrected chi connectivity index (χ0v) is 10.6. The molecule has 0 radical (unpaired) electrons. The van der Waals surface area contributed by atoms with Crippen LogP contribution in [0.25, 0.3) is 0 Å². The number of rotatable bonds is 5. The van der Waals surface area contributed by atoms with Gasteiger partial charge in [0.2, 0.25) is 0 Å². The molecule has 0 aliphatic rings. The van der Waals surface area contributed by atoms with E-state index in [-0.39, 0.29) is 5.54 Å². The van der Waals surface area contributed by atoms with Gasteiger partial charge in [0.25, 0.3) is 0 Å². The van der Waals surface area contributed by atoms with Gasteiger partial charge in [-0.15, -0.1) is 23.2 Å². The standard InChI is InChI=1S/C11H16Cl2N2/c1-3-11(7-12,8-13)15-10-6-4-5-9(2)14-10/h4-6H,3,7-8H2,1-2H3,(H,14,15). The molecule has 1 heterocycles. The Morgan fingerprint density at radius 1 is 1.33 bits per heavy atom. The molecule has 0 unspecified atom stereocenters. The fourth-order valence-electron chi connectivity index (χ4n) is 1.26. The van der Waals surface area contributed by atoms with Crippen LogP contribution in [0.3, 0.4) is 0 Å². The van der Waals surface area contributed by atoms with Crippen molar-refractivity contribution >= 4 is 29.0 Å². The lowest BCUT2D eigenvalue weighted by Gasteiger charge is -2.30. The molecule has 0 saturated heterocycles. The number of pyridine rings is 1. The average molecular weight is 247 g/mol. The molecule has 0 aliphatic heterocycles. The van der Waals surface area contributed by atoms with Crippen LogP contribution in [-0.2, 0) is 0 Å². The van der Waals surface area contributed by atoms with Crippen molar-refractivity contribution in [1.82, 2.24) is 4.98 Å². The fourth-order valence-corrected chi connectivity index (χ4v) is 2.06. The molecule has 2 nitrogen and oxygen atoms in total. The molecular weight excluding hydrogens is 231 g/mol. The molecule has 1 aromatic rings. The third kappa shape index (κ3) is 3.25. The van der Waals surface area contributed by atoms with Gasteiger partial charge < -0.3 is 5.32 Å². The van der Waals surface area contributed by atoms with E-state index >= 15 is 0 Å². The van der Waals surface area contributed by atoms with Crippen LogP contribution in [0, 0.1) is 6.92 Å². The van der Waals surface area contributed by atoms with Crippen LogP contribution in [0.5, 0.6) is 0 Å². The molecule has 0 bridgehead atoms. The van der Waals surface area contributed by atoms with E-state index in [9.17, 15) is 0 Å². The van der Waals surface area contributed by atoms with E-state index in [0.29, 0.717) is 11.8 Å². The molecule has 0 spiro atoms. The maximum absolute atomic E-state index is 5.94. The average Bonchev–Trinajstić information content (AvgIpc) is 2.26. The molecule has 1 aromatic heterocycles. The number of halogens is 2. The van der Waals surface area contributed by atoms with Crippen molar-refractivity contribution in [3.05, 3.63) is 23.9 Å². The van der Waals surface area contributed by atoms with Gasteiger partial charge in [-0.3, -0.25) is 0 Å². The van der Waals surface area contributed by atoms with E-state index in [0.717, 1.165) is 17.9 Å². The first kappa shape index (κ1) is 12.6. The summed E-state index contributed by atoms with van der Waals surface area (Å²) in [5.41, 5.74) is 0.721. The van der Waals surface area contributed by atoms with E-state index in [1.165, 1.54) is 0 Å². The molecule has 4 heteroatoms. The minimum absolute atomic E-state index is 0.260. The second-order valence-corrected chi connectivity index (χ2v) is 4.22. The molecule has 15 heavy (non-hydrogen) atoms. The third-order valence-electron chi connectivity index (χ3n) is 2.47. The summed E-state index contributed by atoms with van der Waals surface area (Å²) >= 11 is 11.9. The minimum atomic E-state index is -0.260. The molecule has 0 amide bonds. The van der Waals surface area contributed by atoms with Gasteiger partial charge in [-0.05, 0) is 25.5 Å². The number of anilines is 1. The van der Waals surface area contributed by atoms with Gasteiger partial charge in [0.05, 0.1) is 5.54 Å². The summed E-state index contributed by atoms with van der Waals surface area (Å²) in [6.07, 6.45) is 0.871. The van der Waals surface area contributed by atoms with Gasteiger partial charge in [0.15, 0.2) is 0 Å². The first-order valence-electron chi connectivity index (χ1n) is 4.99. The Labute approximate surface area is 101 Å². The van der Waals surface area contributed by atoms with Gasteiger partial charge in [0.1, 0.15) is 5.82 Å². The quantitative estimate of drug-likeness (QED) is 0.806. The van der Waals surface area contributed by atoms with Crippen LogP contribution >= 0.6 is 23.2 Å². The number of nitrogens with one attached hydrogen (secondary N) is 1. The van der Waals surface area contributed by atoms with Crippen molar-refractivity contribution in [2.75, 3.05) is 17.1 Å². The molecule has 0 saturated carbocycles. The predicted molar refractivity (Wildman–Crippen MR) is 67.1 cm³/mol. The normalized spacial score (nSPS) is 11.5. The van der Waals surface area contributed by atoms with E-state index in [4.69, 9.17) is 23.2 Å². The number of hydrogen-bond acceptors (Lipinski definition) is 2. The molecule has 0 fully saturated rings. The molecule has 84 valence electrons. The summed E-state index contributed by atoms with van der Waals surface area (Å²) in [6, 6.07) is 5.85. The Balaban J connectivity index is 2.82. The summed E-state index contributed by atoms with van der Waals surface area (Å²) in [6.45, 7) is 4.02. The van der Waals surface area contributed by atoms with Crippen molar-refractivity contribution in [2.24, 2.45) is 0 Å². The Morgan fingerprint density at radius 3 is 2.47 bits per heavy atom. The monoisotopic (exact) mass is 246 g/mol. The summed E-state index contributed by atoms with van der Waals surface area (Å²) in [7, 11) is 0. The highest BCUT2D eigenvalue weighted by molar-refractivity contribution is 6.22. The van der Waals surface area contributed by atoms with Gasteiger partial charge in [0, 0.05) is 17.5 Å². The molecule has 1 N–H and O–H groups in total. The second-order valence-electron chi connectivity index (χ2n) is 3.69. The van der Waals surface area contributed by atoms with E-state index in [1.54, 1.807) is 0 Å². The summed E-state index contributed by atoms with van der Waals surface area (Å²) in [4.78, 5) is 4.37. The Morgan fingerprint density at radius 2 is 2.00 bits per heavy atom. The van der Waals surface area contributed by atoms with Crippen LogP contribution in [0.2, 0.25) is 0 Å². The number of aryl methyl sites for hydroxylation is 1. The SMILES string of the molecule is CCC(CCl)(CCl)Nc1cccc(C)n1. The Hall–Kier alpha value is -0.470. The molecule has 0 atom stereocenters. The molecular formula is C11H16Cl2N2. The molecule has 1 rings (SSSR count). The van der Waals surface area contributed by atoms with E-state index in [1.807, 2.05) is 25.1 Å². The largest absolute Gasteiger partial charge is 0.362 e. The smallest absolute Gasteiger partial charge is 0.126 e. The van der Waals surface area contributed by atoms with Crippen LogP contribution < -0.4 is 5.32 Å². The van der Waals surface area contributed by atoms with Crippen molar-refractivity contribution < 1.29 is 0 Å². The van der Waals surface area contributed by atoms with Crippen LogP contribution in [-0.4, -0.2) is 22.3 Å². The molecule has 0 aromatic carbocycles. The van der Waals surface area contributed by atoms with Gasteiger partial charge in [-0.25, -0.2) is 4.98 Å². The summed E-state index contributed by atoms with van der Waals surface area (Å²) < 4.78 is 0. The summed E-state index contributed by atoms with van der Waals surface area (Å²) in [5, 5.41) is 3.31. The van der Waals surface area contributed by atoms with Gasteiger partial charge >= 0.3 is 0 Å². The van der Waals surface area contributed by atoms with Gasteiger partial charge in [-0.1, -0.05) is 13.0 Å². The highest BCUT2D eigenvalue weighted by atomic mass is 35.5. The summed E-state index contributed by atoms with van der Waals surface area (Å²) in [5.74, 6) is 1.78. The maximum atomic E-state index is 5.94. The lowest BCUT2D eigenvalue weighted by atomic mass is 10.0. The number of nitrogens with zero attached hydrogens (tertiary/aromatic N) is 1. The highest BCUT2D eigenvalue weighted by Crippen LogP contribution is 2.20. The zero-order chi connectivity index (χ0) is 11.3. The Bertz CT molecular complexity index is 303. The zero-order valence-electron chi connectivity index (χ0n) is 9.06. The van der Waals surface area contributed by atoms with Crippen molar-refractivity contribution in [3.63, 3.8) is 0 Å². The number of hydrogen-bond donors (Lipinski definition) is 1. The molecule has 0 aliphatic carbocycles. The first-order valence-corrected chi connectivity index (χ1v) is 6.06.